The Bertz CT molecular complexity index is 1360. The number of rotatable bonds is 6. The first-order valence-electron chi connectivity index (χ1n) is 12.3. The highest BCUT2D eigenvalue weighted by atomic mass is 32.2. The van der Waals surface area contributed by atoms with Crippen LogP contribution in [0.2, 0.25) is 0 Å². The fourth-order valence-corrected chi connectivity index (χ4v) is 6.93. The molecule has 1 amide bonds. The molecule has 1 fully saturated rings. The van der Waals surface area contributed by atoms with Crippen LogP contribution in [-0.2, 0) is 26.7 Å². The molecule has 1 saturated carbocycles. The van der Waals surface area contributed by atoms with Crippen LogP contribution in [0.3, 0.4) is 0 Å². The zero-order chi connectivity index (χ0) is 26.0. The van der Waals surface area contributed by atoms with Gasteiger partial charge in [-0.1, -0.05) is 60.7 Å². The van der Waals surface area contributed by atoms with Crippen molar-refractivity contribution >= 4 is 21.8 Å². The van der Waals surface area contributed by atoms with Gasteiger partial charge in [-0.2, -0.15) is 0 Å². The molecule has 37 heavy (non-hydrogen) atoms. The molecule has 0 radical (unpaired) electrons. The minimum Gasteiger partial charge on any atom is -0.446 e. The average molecular weight is 527 g/mol. The summed E-state index contributed by atoms with van der Waals surface area (Å²) in [6, 6.07) is 21.8. The topological polar surface area (TPSA) is 75.7 Å². The van der Waals surface area contributed by atoms with Crippen LogP contribution in [0.4, 0.5) is 19.3 Å². The van der Waals surface area contributed by atoms with E-state index >= 15 is 0 Å². The molecule has 0 unspecified atom stereocenters. The van der Waals surface area contributed by atoms with Crippen LogP contribution >= 0.6 is 0 Å². The lowest BCUT2D eigenvalue weighted by Gasteiger charge is -2.37. The fourth-order valence-electron chi connectivity index (χ4n) is 5.36. The van der Waals surface area contributed by atoms with Gasteiger partial charge in [0.15, 0.2) is 0 Å². The molecule has 3 aromatic carbocycles. The third-order valence-corrected chi connectivity index (χ3v) is 9.13. The van der Waals surface area contributed by atoms with E-state index in [9.17, 15) is 22.0 Å². The van der Waals surface area contributed by atoms with E-state index in [2.05, 4.69) is 5.32 Å². The summed E-state index contributed by atoms with van der Waals surface area (Å²) in [6.07, 6.45) is -0.818. The molecule has 194 valence electrons. The van der Waals surface area contributed by atoms with E-state index < -0.39 is 28.0 Å². The van der Waals surface area contributed by atoms with Crippen LogP contribution in [0.15, 0.2) is 83.8 Å². The first-order chi connectivity index (χ1) is 17.8. The number of hydrogen-bond donors (Lipinski definition) is 1. The van der Waals surface area contributed by atoms with E-state index in [0.29, 0.717) is 37.9 Å². The van der Waals surface area contributed by atoms with E-state index in [1.54, 1.807) is 12.1 Å². The molecule has 1 N–H and O–H groups in total. The van der Waals surface area contributed by atoms with Crippen molar-refractivity contribution in [1.29, 1.82) is 0 Å². The average Bonchev–Trinajstić information content (AvgIpc) is 3.24. The summed E-state index contributed by atoms with van der Waals surface area (Å²) in [7, 11) is -3.94. The van der Waals surface area contributed by atoms with Gasteiger partial charge >= 0.3 is 6.09 Å². The van der Waals surface area contributed by atoms with Crippen LogP contribution in [0.25, 0.3) is 0 Å². The van der Waals surface area contributed by atoms with Crippen molar-refractivity contribution in [1.82, 2.24) is 5.32 Å². The van der Waals surface area contributed by atoms with Gasteiger partial charge in [0.1, 0.15) is 6.10 Å². The summed E-state index contributed by atoms with van der Waals surface area (Å²) in [5.41, 5.74) is 1.93. The number of ether oxygens (including phenoxy) is 1. The Balaban J connectivity index is 1.28. The maximum absolute atomic E-state index is 13.6. The number of hydrogen-bond acceptors (Lipinski definition) is 4. The van der Waals surface area contributed by atoms with Crippen molar-refractivity contribution in [3.8, 4) is 0 Å². The van der Waals surface area contributed by atoms with Crippen LogP contribution in [-0.4, -0.2) is 27.2 Å². The highest BCUT2D eigenvalue weighted by molar-refractivity contribution is 7.92. The fraction of sp³-hybridized carbons (Fsp3) is 0.321. The summed E-state index contributed by atoms with van der Waals surface area (Å²) < 4.78 is 60.1. The lowest BCUT2D eigenvalue weighted by Crippen LogP contribution is -2.41. The van der Waals surface area contributed by atoms with Gasteiger partial charge in [0, 0.05) is 24.1 Å². The molecule has 0 bridgehead atoms. The molecule has 6 nitrogen and oxygen atoms in total. The molecule has 1 aliphatic carbocycles. The number of carbonyl (C=O) groups is 1. The highest BCUT2D eigenvalue weighted by Crippen LogP contribution is 2.51. The van der Waals surface area contributed by atoms with E-state index in [-0.39, 0.29) is 23.1 Å². The minimum atomic E-state index is -3.94. The predicted molar refractivity (Wildman–Crippen MR) is 136 cm³/mol. The zero-order valence-corrected chi connectivity index (χ0v) is 21.0. The van der Waals surface area contributed by atoms with Gasteiger partial charge in [0.2, 0.25) is 0 Å². The Morgan fingerprint density at radius 2 is 1.62 bits per heavy atom. The number of para-hydroxylation sites is 1. The smallest absolute Gasteiger partial charge is 0.407 e. The highest BCUT2D eigenvalue weighted by Gasteiger charge is 2.48. The number of benzene rings is 3. The van der Waals surface area contributed by atoms with Gasteiger partial charge in [-0.25, -0.2) is 22.0 Å². The third-order valence-electron chi connectivity index (χ3n) is 7.35. The van der Waals surface area contributed by atoms with Gasteiger partial charge < -0.3 is 10.1 Å². The molecule has 3 aromatic rings. The van der Waals surface area contributed by atoms with Gasteiger partial charge in [0.05, 0.1) is 10.6 Å². The van der Waals surface area contributed by atoms with Crippen molar-refractivity contribution in [2.75, 3.05) is 10.8 Å². The van der Waals surface area contributed by atoms with Crippen molar-refractivity contribution in [3.05, 3.63) is 95.6 Å². The summed E-state index contributed by atoms with van der Waals surface area (Å²) in [5.74, 6) is 0. The Morgan fingerprint density at radius 3 is 2.30 bits per heavy atom. The van der Waals surface area contributed by atoms with Crippen LogP contribution in [0, 0.1) is 0 Å². The Hall–Kier alpha value is -3.46. The van der Waals surface area contributed by atoms with E-state index in [4.69, 9.17) is 4.74 Å². The van der Waals surface area contributed by atoms with Gasteiger partial charge in [-0.3, -0.25) is 4.31 Å². The molecular weight excluding hydrogens is 498 g/mol. The van der Waals surface area contributed by atoms with Crippen molar-refractivity contribution in [2.45, 2.75) is 55.1 Å². The molecule has 9 heteroatoms. The molecule has 1 aliphatic heterocycles. The summed E-state index contributed by atoms with van der Waals surface area (Å²) in [5, 5.41) is 2.78. The second-order valence-corrected chi connectivity index (χ2v) is 11.5. The number of alkyl halides is 2. The molecule has 0 atom stereocenters. The number of halogens is 2. The SMILES string of the molecule is O=C(NCc1ccccc1)OC1CCC2(CC1)CN(S(=O)(=O)c1ccc(C(F)F)cc1)c1ccccc12. The maximum atomic E-state index is 13.6. The van der Waals surface area contributed by atoms with E-state index in [1.807, 2.05) is 42.5 Å². The summed E-state index contributed by atoms with van der Waals surface area (Å²) in [4.78, 5) is 12.3. The summed E-state index contributed by atoms with van der Waals surface area (Å²) >= 11 is 0. The lowest BCUT2D eigenvalue weighted by molar-refractivity contribution is 0.0595. The molecule has 2 aliphatic rings. The largest absolute Gasteiger partial charge is 0.446 e. The number of sulfonamides is 1. The molecule has 1 heterocycles. The second-order valence-electron chi connectivity index (χ2n) is 9.62. The molecule has 5 rings (SSSR count). The third kappa shape index (κ3) is 5.05. The molecule has 0 aromatic heterocycles. The lowest BCUT2D eigenvalue weighted by atomic mass is 9.70. The Labute approximate surface area is 215 Å². The van der Waals surface area contributed by atoms with Gasteiger partial charge in [0.25, 0.3) is 16.4 Å². The number of nitrogens with zero attached hydrogens (tertiary/aromatic N) is 1. The minimum absolute atomic E-state index is 0.0177. The maximum Gasteiger partial charge on any atom is 0.407 e. The molecular formula is C28H28F2N2O4S. The van der Waals surface area contributed by atoms with Crippen molar-refractivity contribution in [3.63, 3.8) is 0 Å². The Kier molecular flexibility index (Phi) is 6.90. The standard InChI is InChI=1S/C28H28F2N2O4S/c29-26(30)21-10-12-23(13-11-21)37(34,35)32-19-28(24-8-4-5-9-25(24)32)16-14-22(15-17-28)36-27(33)31-18-20-6-2-1-3-7-20/h1-13,22,26H,14-19H2,(H,31,33). The first kappa shape index (κ1) is 25.2. The van der Waals surface area contributed by atoms with Gasteiger partial charge in [-0.15, -0.1) is 0 Å². The normalized spacial score (nSPS) is 21.2. The van der Waals surface area contributed by atoms with E-state index in [1.165, 1.54) is 16.4 Å². The number of carbonyl (C=O) groups excluding carboxylic acids is 1. The molecule has 0 saturated heterocycles. The van der Waals surface area contributed by atoms with Crippen LogP contribution in [0.5, 0.6) is 0 Å². The quantitative estimate of drug-likeness (QED) is 0.431. The summed E-state index contributed by atoms with van der Waals surface area (Å²) in [6.45, 7) is 0.646. The van der Waals surface area contributed by atoms with Crippen LogP contribution < -0.4 is 9.62 Å². The van der Waals surface area contributed by atoms with Crippen molar-refractivity contribution < 1.29 is 26.7 Å². The number of alkyl carbamates (subject to hydrolysis) is 1. The second kappa shape index (κ2) is 10.1. The molecule has 1 spiro atoms. The monoisotopic (exact) mass is 526 g/mol. The first-order valence-corrected chi connectivity index (χ1v) is 13.7. The van der Waals surface area contributed by atoms with Gasteiger partial charge in [-0.05, 0) is 55.0 Å². The number of amides is 1. The Morgan fingerprint density at radius 1 is 0.973 bits per heavy atom. The number of fused-ring (bicyclic) bond motifs is 2. The number of anilines is 1. The van der Waals surface area contributed by atoms with E-state index in [0.717, 1.165) is 23.3 Å². The van der Waals surface area contributed by atoms with Crippen LogP contribution in [0.1, 0.15) is 48.8 Å². The predicted octanol–water partition coefficient (Wildman–Crippen LogP) is 5.94. The van der Waals surface area contributed by atoms with Crippen molar-refractivity contribution in [2.24, 2.45) is 0 Å². The number of nitrogens with one attached hydrogen (secondary N) is 1. The zero-order valence-electron chi connectivity index (χ0n) is 20.1.